The summed E-state index contributed by atoms with van der Waals surface area (Å²) in [4.78, 5) is 0.170. The van der Waals surface area contributed by atoms with Crippen LogP contribution in [0.1, 0.15) is 44.1 Å². The van der Waals surface area contributed by atoms with Gasteiger partial charge in [-0.1, -0.05) is 48.4 Å². The van der Waals surface area contributed by atoms with Crippen LogP contribution in [0, 0.1) is 11.5 Å². The standard InChI is InChI=1S/C20H22N2O2S/c1-22(15-21)25(23,24)20-10-6-5-9-19(20)18-13-11-17(12-14-18)16-7-3-2-4-8-16/h5-6,9-11,13-14H,2-4,7-8,12H2,1H3. The Hall–Kier alpha value is -2.32. The van der Waals surface area contributed by atoms with Gasteiger partial charge < -0.3 is 0 Å². The quantitative estimate of drug-likeness (QED) is 0.597. The number of hydrogen-bond donors (Lipinski definition) is 0. The van der Waals surface area contributed by atoms with Crippen molar-refractivity contribution in [3.63, 3.8) is 0 Å². The van der Waals surface area contributed by atoms with E-state index in [2.05, 4.69) is 12.2 Å². The fourth-order valence-corrected chi connectivity index (χ4v) is 4.56. The predicted molar refractivity (Wildman–Crippen MR) is 98.8 cm³/mol. The third-order valence-electron chi connectivity index (χ3n) is 4.89. The molecule has 0 unspecified atom stereocenters. The van der Waals surface area contributed by atoms with Gasteiger partial charge >= 0.3 is 0 Å². The average molecular weight is 354 g/mol. The van der Waals surface area contributed by atoms with E-state index in [0.29, 0.717) is 9.87 Å². The van der Waals surface area contributed by atoms with Gasteiger partial charge in [-0.05, 0) is 49.3 Å². The molecule has 130 valence electrons. The lowest BCUT2D eigenvalue weighted by atomic mass is 9.87. The van der Waals surface area contributed by atoms with Crippen molar-refractivity contribution in [1.82, 2.24) is 4.31 Å². The van der Waals surface area contributed by atoms with Gasteiger partial charge in [-0.3, -0.25) is 0 Å². The highest BCUT2D eigenvalue weighted by atomic mass is 32.2. The van der Waals surface area contributed by atoms with Crippen molar-refractivity contribution < 1.29 is 8.42 Å². The van der Waals surface area contributed by atoms with Crippen LogP contribution in [0.3, 0.4) is 0 Å². The molecule has 0 radical (unpaired) electrons. The fourth-order valence-electron chi connectivity index (χ4n) is 3.44. The third-order valence-corrected chi connectivity index (χ3v) is 6.61. The first kappa shape index (κ1) is 17.5. The zero-order valence-electron chi connectivity index (χ0n) is 14.4. The molecule has 2 aliphatic rings. The van der Waals surface area contributed by atoms with E-state index in [1.165, 1.54) is 44.7 Å². The Balaban J connectivity index is 1.94. The number of hydrogen-bond acceptors (Lipinski definition) is 3. The maximum atomic E-state index is 12.6. The van der Waals surface area contributed by atoms with Gasteiger partial charge in [0, 0.05) is 12.6 Å². The molecule has 0 N–H and O–H groups in total. The average Bonchev–Trinajstić information content (AvgIpc) is 2.68. The highest BCUT2D eigenvalue weighted by molar-refractivity contribution is 7.89. The Bertz CT molecular complexity index is 894. The molecule has 4 nitrogen and oxygen atoms in total. The van der Waals surface area contributed by atoms with Gasteiger partial charge in [-0.2, -0.15) is 5.26 Å². The van der Waals surface area contributed by atoms with Crippen molar-refractivity contribution in [2.45, 2.75) is 43.4 Å². The van der Waals surface area contributed by atoms with E-state index in [0.717, 1.165) is 12.0 Å². The lowest BCUT2D eigenvalue weighted by Gasteiger charge is -2.20. The molecular weight excluding hydrogens is 332 g/mol. The monoisotopic (exact) mass is 354 g/mol. The van der Waals surface area contributed by atoms with Crippen LogP contribution >= 0.6 is 0 Å². The first-order valence-corrected chi connectivity index (χ1v) is 10.1. The van der Waals surface area contributed by atoms with E-state index in [4.69, 9.17) is 5.26 Å². The number of rotatable bonds is 3. The Morgan fingerprint density at radius 2 is 1.80 bits per heavy atom. The molecule has 0 spiro atoms. The molecule has 0 atom stereocenters. The number of sulfonamides is 1. The minimum atomic E-state index is -3.82. The van der Waals surface area contributed by atoms with Crippen LogP contribution in [0.2, 0.25) is 0 Å². The van der Waals surface area contributed by atoms with Crippen LogP contribution in [0.4, 0.5) is 0 Å². The van der Waals surface area contributed by atoms with Gasteiger partial charge in [-0.25, -0.2) is 12.7 Å². The summed E-state index contributed by atoms with van der Waals surface area (Å²) in [5, 5.41) is 8.97. The number of nitriles is 1. The second-order valence-corrected chi connectivity index (χ2v) is 8.39. The summed E-state index contributed by atoms with van der Waals surface area (Å²) in [6, 6.07) is 6.87. The van der Waals surface area contributed by atoms with Crippen molar-refractivity contribution in [1.29, 1.82) is 5.26 Å². The lowest BCUT2D eigenvalue weighted by Crippen LogP contribution is -2.22. The Morgan fingerprint density at radius 3 is 2.44 bits per heavy atom. The molecule has 1 aromatic rings. The Morgan fingerprint density at radius 1 is 1.08 bits per heavy atom. The summed E-state index contributed by atoms with van der Waals surface area (Å²) in [7, 11) is -2.55. The SMILES string of the molecule is CN(C#N)S(=O)(=O)c1ccccc1C1=CCC(=C2CCCCC2)C=C1. The van der Waals surface area contributed by atoms with E-state index >= 15 is 0 Å². The van der Waals surface area contributed by atoms with Crippen molar-refractivity contribution in [2.75, 3.05) is 7.05 Å². The second kappa shape index (κ2) is 7.28. The molecule has 0 amide bonds. The van der Waals surface area contributed by atoms with E-state index in [9.17, 15) is 8.42 Å². The molecule has 2 aliphatic carbocycles. The van der Waals surface area contributed by atoms with Crippen LogP contribution < -0.4 is 0 Å². The molecule has 1 saturated carbocycles. The maximum absolute atomic E-state index is 12.6. The molecule has 1 fully saturated rings. The van der Waals surface area contributed by atoms with Crippen molar-refractivity contribution in [2.24, 2.45) is 0 Å². The summed E-state index contributed by atoms with van der Waals surface area (Å²) >= 11 is 0. The molecule has 3 rings (SSSR count). The minimum Gasteiger partial charge on any atom is -0.205 e. The summed E-state index contributed by atoms with van der Waals surface area (Å²) in [5.74, 6) is 0. The summed E-state index contributed by atoms with van der Waals surface area (Å²) in [6.45, 7) is 0. The molecule has 0 saturated heterocycles. The van der Waals surface area contributed by atoms with Crippen LogP contribution in [-0.2, 0) is 10.0 Å². The number of benzene rings is 1. The van der Waals surface area contributed by atoms with Gasteiger partial charge in [0.25, 0.3) is 10.0 Å². The maximum Gasteiger partial charge on any atom is 0.272 e. The Kier molecular flexibility index (Phi) is 5.10. The molecule has 0 aliphatic heterocycles. The van der Waals surface area contributed by atoms with E-state index in [1.807, 2.05) is 12.1 Å². The van der Waals surface area contributed by atoms with Crippen molar-refractivity contribution in [3.8, 4) is 6.19 Å². The summed E-state index contributed by atoms with van der Waals surface area (Å²) < 4.78 is 25.9. The molecule has 0 bridgehead atoms. The molecule has 5 heteroatoms. The largest absolute Gasteiger partial charge is 0.272 e. The smallest absolute Gasteiger partial charge is 0.205 e. The first-order chi connectivity index (χ1) is 12.0. The number of nitrogens with zero attached hydrogens (tertiary/aromatic N) is 2. The number of allylic oxidation sites excluding steroid dienone is 6. The van der Waals surface area contributed by atoms with Crippen LogP contribution in [-0.4, -0.2) is 19.8 Å². The molecule has 1 aromatic carbocycles. The molecular formula is C20H22N2O2S. The van der Waals surface area contributed by atoms with E-state index in [1.54, 1.807) is 30.0 Å². The van der Waals surface area contributed by atoms with Crippen LogP contribution in [0.15, 0.2) is 58.5 Å². The molecule has 25 heavy (non-hydrogen) atoms. The lowest BCUT2D eigenvalue weighted by molar-refractivity contribution is 0.544. The first-order valence-electron chi connectivity index (χ1n) is 8.61. The molecule has 0 aromatic heterocycles. The zero-order chi connectivity index (χ0) is 17.9. The zero-order valence-corrected chi connectivity index (χ0v) is 15.2. The normalized spacial score (nSPS) is 17.8. The van der Waals surface area contributed by atoms with Crippen LogP contribution in [0.5, 0.6) is 0 Å². The topological polar surface area (TPSA) is 61.2 Å². The highest BCUT2D eigenvalue weighted by Crippen LogP contribution is 2.34. The Labute approximate surface area is 149 Å². The van der Waals surface area contributed by atoms with Crippen molar-refractivity contribution in [3.05, 3.63) is 59.2 Å². The fraction of sp³-hybridized carbons (Fsp3) is 0.350. The van der Waals surface area contributed by atoms with Gasteiger partial charge in [0.2, 0.25) is 0 Å². The highest BCUT2D eigenvalue weighted by Gasteiger charge is 2.24. The van der Waals surface area contributed by atoms with Gasteiger partial charge in [0.1, 0.15) is 0 Å². The summed E-state index contributed by atoms with van der Waals surface area (Å²) in [6.07, 6.45) is 15.0. The predicted octanol–water partition coefficient (Wildman–Crippen LogP) is 4.39. The van der Waals surface area contributed by atoms with Gasteiger partial charge in [0.15, 0.2) is 6.19 Å². The summed E-state index contributed by atoms with van der Waals surface area (Å²) in [5.41, 5.74) is 4.46. The second-order valence-electron chi connectivity index (χ2n) is 6.46. The van der Waals surface area contributed by atoms with Crippen LogP contribution in [0.25, 0.3) is 5.57 Å². The van der Waals surface area contributed by atoms with E-state index in [-0.39, 0.29) is 4.90 Å². The molecule has 0 heterocycles. The third kappa shape index (κ3) is 3.54. The minimum absolute atomic E-state index is 0.170. The van der Waals surface area contributed by atoms with Gasteiger partial charge in [0.05, 0.1) is 4.90 Å². The van der Waals surface area contributed by atoms with E-state index < -0.39 is 10.0 Å². The van der Waals surface area contributed by atoms with Gasteiger partial charge in [-0.15, -0.1) is 0 Å². The van der Waals surface area contributed by atoms with Crippen molar-refractivity contribution >= 4 is 15.6 Å².